The van der Waals surface area contributed by atoms with Crippen LogP contribution in [0.1, 0.15) is 33.4 Å². The van der Waals surface area contributed by atoms with E-state index in [9.17, 15) is 0 Å². The molecule has 21 aromatic rings. The van der Waals surface area contributed by atoms with Crippen LogP contribution in [0.25, 0.3) is 95.4 Å². The molecule has 9 aliphatic rings. The van der Waals surface area contributed by atoms with E-state index in [-0.39, 0.29) is 248 Å². The maximum atomic E-state index is 7.25. The predicted molar refractivity (Wildman–Crippen MR) is 499 cm³/mol. The van der Waals surface area contributed by atoms with Gasteiger partial charge in [0, 0.05) is 50.6 Å². The molecule has 4 radical (unpaired) electrons. The fraction of sp³-hybridized carbons (Fsp3) is 0.115. The fourth-order valence-corrected chi connectivity index (χ4v) is 15.6. The van der Waals surface area contributed by atoms with E-state index >= 15 is 0 Å². The molecule has 30 rings (SSSR count). The van der Waals surface area contributed by atoms with Gasteiger partial charge in [-0.1, -0.05) is 92.5 Å². The summed E-state index contributed by atoms with van der Waals surface area (Å²) >= 11 is 0. The first-order valence-electron chi connectivity index (χ1n) is 40.3. The number of benzene rings is 3. The average Bonchev–Trinajstić information content (AvgIpc) is 1.60. The Hall–Kier alpha value is -18.4. The molecule has 27 heterocycles. The minimum atomic E-state index is -1.53. The Morgan fingerprint density at radius 1 is 0.260 bits per heavy atom. The van der Waals surface area contributed by atoms with Gasteiger partial charge >= 0.3 is 89.0 Å². The fourth-order valence-electron chi connectivity index (χ4n) is 12.4. The number of hydrogen-bond acceptors (Lipinski definition) is 65. The summed E-state index contributed by atoms with van der Waals surface area (Å²) in [5.41, 5.74) is 55.3. The Bertz CT molecular complexity index is 7600. The normalized spacial score (nSPS) is 11.7. The second-order valence-corrected chi connectivity index (χ2v) is 30.5. The number of nitrogens with one attached hydrogen (secondary N) is 20. The summed E-state index contributed by atoms with van der Waals surface area (Å²) in [4.78, 5) is 67.5. The molecule has 0 atom stereocenters. The standard InChI is InChI=1S/C19H18P.C4H3N9.8C4H2N9.C4H11N.C2H6.Al.Ba.Co.Cu.Mg.Ni.4H/c1-20(17-11-5-2-6-12-17,18-13-7-3-8-14-18)19-15-9-4-10-16-19;9*5-1-6-2-8-9-4-11-12-10-3(7-1)13(2)4;1-3-5-4-2;1-2;;;;;;;;;;/h2-16H,1H3;(H3,5,6,7,8,9,10,11);8*(H2-,5,6,7,8,9,10,11);5H,3-4H2,1-2H3;1-2H3;;;;;;;;;;/q+1;;8*-1;;;;+2;;+1;+2;;4*-1. The topological polar surface area (TPSA) is 1080 Å². The number of aromatic nitrogens is 54. The van der Waals surface area contributed by atoms with E-state index in [1.54, 1.807) is 0 Å². The third-order valence-corrected chi connectivity index (χ3v) is 22.3. The average molecular weight is 2340 g/mol. The molecule has 0 unspecified atom stereocenters. The molecule has 0 aliphatic carbocycles. The number of rotatable bonds is 5. The molecular formula is C61H58AlBaCoCuMgN82NiP-6. The Balaban J connectivity index is 0.000000187. The predicted octanol–water partition coefficient (Wildman–Crippen LogP) is -7.39. The number of hydrazine groups is 1. The van der Waals surface area contributed by atoms with E-state index in [0.717, 1.165) is 13.1 Å². The summed E-state index contributed by atoms with van der Waals surface area (Å²) in [6, 6.07) is 32.6. The van der Waals surface area contributed by atoms with Gasteiger partial charge in [0.25, 0.3) is 11.7 Å². The molecular weight excluding hydrogens is 2280 g/mol. The van der Waals surface area contributed by atoms with Crippen molar-refractivity contribution in [1.82, 2.24) is 273 Å². The molecule has 0 amide bonds. The summed E-state index contributed by atoms with van der Waals surface area (Å²) in [7, 11) is -1.53. The summed E-state index contributed by atoms with van der Waals surface area (Å²) < 4.78 is 13.4. The summed E-state index contributed by atoms with van der Waals surface area (Å²) in [5, 5.41) is 169. The van der Waals surface area contributed by atoms with Gasteiger partial charge in [-0.05, 0) is 96.4 Å². The molecule has 3 aromatic carbocycles. The zero-order chi connectivity index (χ0) is 99.5. The summed E-state index contributed by atoms with van der Waals surface area (Å²) in [5.74, 6) is 8.97. The second kappa shape index (κ2) is 48.5. The van der Waals surface area contributed by atoms with Crippen LogP contribution in [0.5, 0.6) is 0 Å². The maximum absolute atomic E-state index is 7.25. The van der Waals surface area contributed by atoms with Gasteiger partial charge in [-0.15, -0.1) is 81.6 Å². The van der Waals surface area contributed by atoms with Crippen molar-refractivity contribution >= 4 is 272 Å². The van der Waals surface area contributed by atoms with Crippen molar-refractivity contribution in [3.63, 3.8) is 0 Å². The van der Waals surface area contributed by atoms with E-state index in [0.29, 0.717) is 107 Å². The third-order valence-electron chi connectivity index (χ3n) is 18.3. The van der Waals surface area contributed by atoms with E-state index in [4.69, 9.17) is 48.7 Å². The van der Waals surface area contributed by atoms with Crippen molar-refractivity contribution in [3.05, 3.63) is 185 Å². The third kappa shape index (κ3) is 23.1. The zero-order valence-corrected chi connectivity index (χ0v) is 86.6. The first-order chi connectivity index (χ1) is 70.3. The van der Waals surface area contributed by atoms with Gasteiger partial charge in [-0.2, -0.15) is 9.97 Å². The van der Waals surface area contributed by atoms with E-state index in [1.165, 1.54) is 55.5 Å². The van der Waals surface area contributed by atoms with Crippen LogP contribution in [0.2, 0.25) is 0 Å². The smallest absolute Gasteiger partial charge is 1.00 e. The van der Waals surface area contributed by atoms with Crippen LogP contribution in [0.15, 0.2) is 91.0 Å². The van der Waals surface area contributed by atoms with Crippen molar-refractivity contribution in [2.75, 3.05) is 74.0 Å². The Kier molecular flexibility index (Phi) is 35.2. The molecule has 82 nitrogen and oxygen atoms in total. The molecule has 9 aliphatic heterocycles. The Labute approximate surface area is 928 Å². The molecule has 0 fully saturated rings. The molecule has 20 N–H and O–H groups in total. The first kappa shape index (κ1) is 109. The molecule has 0 spiro atoms. The van der Waals surface area contributed by atoms with Crippen molar-refractivity contribution in [2.24, 2.45) is 0 Å². The second-order valence-electron chi connectivity index (χ2n) is 26.9. The number of nitrogens with zero attached hydrogens (tertiary/aromatic N) is 62. The molecule has 89 heteroatoms. The van der Waals surface area contributed by atoms with Gasteiger partial charge < -0.3 is 130 Å². The quantitative estimate of drug-likeness (QED) is 0.0562. The van der Waals surface area contributed by atoms with Crippen LogP contribution in [0, 0.1) is 48.7 Å². The van der Waals surface area contributed by atoms with Crippen molar-refractivity contribution in [3.8, 4) is 0 Å². The van der Waals surface area contributed by atoms with Crippen LogP contribution in [0.4, 0.5) is 107 Å². The Morgan fingerprint density at radius 2 is 0.420 bits per heavy atom. The summed E-state index contributed by atoms with van der Waals surface area (Å²) in [6.45, 7) is 12.8. The van der Waals surface area contributed by atoms with Crippen LogP contribution in [0.3, 0.4) is 0 Å². The molecule has 0 bridgehead atoms. The van der Waals surface area contributed by atoms with Crippen LogP contribution in [-0.4, -0.2) is 377 Å². The van der Waals surface area contributed by atoms with Crippen molar-refractivity contribution in [2.45, 2.75) is 27.7 Å². The maximum Gasteiger partial charge on any atom is 2.00 e. The van der Waals surface area contributed by atoms with Gasteiger partial charge in [-0.3, -0.25) is 103 Å². The van der Waals surface area contributed by atoms with E-state index < -0.39 is 7.26 Å². The van der Waals surface area contributed by atoms with Crippen LogP contribution < -0.4 is 126 Å². The SMILES string of the molecule is CC.CCNCC.C[P+](c1ccccc1)(c1ccccc1)c1ccccc1.N=c1nc2n3c(nnnc3n1)NN2.N=c1nc2n3c(nnnc3n1)N[N-]2.N=c1nc2n3c(nnnc3n1)N[N-]2.N=c1nc2n3c(nnnc3n1)N[N-]2.N=c1nc2n3c(nnnc3n1)N[N-]2.N=c1nc2n3c(nnnc3n1)N[N-]2.N=c1nc2n3c(nnnc3n1)N[N-]2.N=c1nc2n3c(nnnc3n1)N[N-]2.N=c1nc2n3c(nnnc3n1)N[N-]2.[Al].[Ba+2].[Co].[Cu+].[H-].[H-].[H-].[H-].[Mg+2].[Ni]. The van der Waals surface area contributed by atoms with Gasteiger partial charge in [0.05, 0.1) is 54.3 Å². The van der Waals surface area contributed by atoms with Crippen molar-refractivity contribution < 1.29 is 56.0 Å². The molecule has 760 valence electrons. The van der Waals surface area contributed by atoms with E-state index in [1.807, 2.05) is 13.8 Å². The largest absolute Gasteiger partial charge is 2.00 e. The Morgan fingerprint density at radius 3 is 0.593 bits per heavy atom. The van der Waals surface area contributed by atoms with Crippen molar-refractivity contribution in [1.29, 1.82) is 48.7 Å². The molecule has 18 aromatic heterocycles. The number of anilines is 10. The van der Waals surface area contributed by atoms with E-state index in [2.05, 4.69) is 443 Å². The minimum Gasteiger partial charge on any atom is -1.00 e. The van der Waals surface area contributed by atoms with Gasteiger partial charge in [0.1, 0.15) is 23.2 Å². The zero-order valence-electron chi connectivity index (χ0n) is 79.7. The molecule has 0 saturated heterocycles. The first-order valence-corrected chi connectivity index (χ1v) is 42.5. The summed E-state index contributed by atoms with van der Waals surface area (Å²) in [6.07, 6.45) is 0. The van der Waals surface area contributed by atoms with Gasteiger partial charge in [0.2, 0.25) is 57.8 Å². The molecule has 150 heavy (non-hydrogen) atoms. The monoisotopic (exact) mass is 2340 g/mol. The van der Waals surface area contributed by atoms with Crippen LogP contribution in [-0.2, 0) is 50.3 Å². The van der Waals surface area contributed by atoms with Gasteiger partial charge in [0.15, 0.2) is 92.5 Å². The number of hydrogen-bond donors (Lipinski definition) is 20. The molecule has 0 saturated carbocycles. The van der Waals surface area contributed by atoms with Gasteiger partial charge in [-0.25, -0.2) is 44.3 Å². The minimum absolute atomic E-state index is 0. The van der Waals surface area contributed by atoms with Crippen LogP contribution >= 0.6 is 7.26 Å².